The molecular weight excluding hydrogens is 574 g/mol. The molecule has 2 aliphatic heterocycles. The Kier molecular flexibility index (Phi) is 6.50. The Morgan fingerprint density at radius 1 is 0.682 bits per heavy atom. The summed E-state index contributed by atoms with van der Waals surface area (Å²) < 4.78 is 90.3. The second-order valence-electron chi connectivity index (χ2n) is 11.3. The molecular formula is C36H26F6N2+2. The number of nitrogens with zero attached hydrogens (tertiary/aromatic N) is 2. The lowest BCUT2D eigenvalue weighted by Crippen LogP contribution is -2.53. The molecule has 7 rings (SSSR count). The van der Waals surface area contributed by atoms with E-state index in [9.17, 15) is 26.3 Å². The molecule has 0 bridgehead atoms. The maximum atomic E-state index is 14.8. The Hall–Kier alpha value is -4.72. The number of aromatic nitrogens is 2. The predicted octanol–water partition coefficient (Wildman–Crippen LogP) is 9.06. The number of alkyl halides is 6. The number of fused-ring (bicyclic) bond motifs is 9. The number of hydrogen-bond acceptors (Lipinski definition) is 0. The van der Waals surface area contributed by atoms with Crippen LogP contribution in [0.15, 0.2) is 116 Å². The number of allylic oxidation sites excluding steroid dienone is 1. The van der Waals surface area contributed by atoms with Gasteiger partial charge in [0.1, 0.15) is 0 Å². The van der Waals surface area contributed by atoms with Gasteiger partial charge in [-0.2, -0.15) is 35.5 Å². The minimum Gasteiger partial charge on any atom is -0.184 e. The van der Waals surface area contributed by atoms with Crippen LogP contribution in [0.2, 0.25) is 0 Å². The fourth-order valence-electron chi connectivity index (χ4n) is 6.85. The molecule has 2 aromatic heterocycles. The minimum absolute atomic E-state index is 0.000835. The molecule has 3 aromatic carbocycles. The van der Waals surface area contributed by atoms with Crippen molar-refractivity contribution in [2.24, 2.45) is 0 Å². The van der Waals surface area contributed by atoms with Crippen molar-refractivity contribution >= 4 is 5.70 Å². The molecule has 0 fully saturated rings. The van der Waals surface area contributed by atoms with Crippen LogP contribution < -0.4 is 9.13 Å². The molecule has 0 radical (unpaired) electrons. The predicted molar refractivity (Wildman–Crippen MR) is 155 cm³/mol. The van der Waals surface area contributed by atoms with Gasteiger partial charge in [0.2, 0.25) is 23.1 Å². The smallest absolute Gasteiger partial charge is 0.184 e. The summed E-state index contributed by atoms with van der Waals surface area (Å²) in [6.07, 6.45) is -6.05. The van der Waals surface area contributed by atoms with Crippen LogP contribution in [0.4, 0.5) is 26.3 Å². The Bertz CT molecular complexity index is 1920. The van der Waals surface area contributed by atoms with Gasteiger partial charge < -0.3 is 0 Å². The number of benzene rings is 3. The monoisotopic (exact) mass is 600 g/mol. The van der Waals surface area contributed by atoms with Gasteiger partial charge in [-0.3, -0.25) is 0 Å². The second-order valence-corrected chi connectivity index (χ2v) is 11.3. The average molecular weight is 601 g/mol. The van der Waals surface area contributed by atoms with Crippen molar-refractivity contribution in [3.63, 3.8) is 0 Å². The normalized spacial score (nSPS) is 17.6. The van der Waals surface area contributed by atoms with E-state index in [0.717, 1.165) is 28.5 Å². The van der Waals surface area contributed by atoms with Gasteiger partial charge in [-0.25, -0.2) is 0 Å². The lowest BCUT2D eigenvalue weighted by Gasteiger charge is -2.29. The van der Waals surface area contributed by atoms with Gasteiger partial charge in [-0.15, -0.1) is 0 Å². The van der Waals surface area contributed by atoms with Gasteiger partial charge in [0.25, 0.3) is 0 Å². The highest BCUT2D eigenvalue weighted by Crippen LogP contribution is 2.48. The number of rotatable bonds is 1. The largest absolute Gasteiger partial charge is 0.417 e. The Morgan fingerprint density at radius 3 is 2.16 bits per heavy atom. The summed E-state index contributed by atoms with van der Waals surface area (Å²) in [5, 5.41) is 0. The molecule has 0 amide bonds. The average Bonchev–Trinajstić information content (AvgIpc) is 3.06. The van der Waals surface area contributed by atoms with E-state index in [-0.39, 0.29) is 35.2 Å². The summed E-state index contributed by atoms with van der Waals surface area (Å²) in [6, 6.07) is 27.0. The first kappa shape index (κ1) is 28.1. The standard InChI is InChI=1S/C36H26F6N2/c1-22-34-29(27-11-5-6-12-28(27)31-13-7-8-17-44(31)34)15-14-25-19-26(35(37,38)39)21-30(36(40,41)42)33(25)32-20-24(16-18-43(22)32)23-9-3-2-4-10-23/h2-13,16-21,29,34H,1,14-15H2/q+2. The molecule has 2 unspecified atom stereocenters. The van der Waals surface area contributed by atoms with Crippen LogP contribution in [-0.4, -0.2) is 0 Å². The quantitative estimate of drug-likeness (QED) is 0.134. The molecule has 5 aromatic rings. The van der Waals surface area contributed by atoms with Crippen molar-refractivity contribution < 1.29 is 35.5 Å². The topological polar surface area (TPSA) is 7.76 Å². The first-order valence-corrected chi connectivity index (χ1v) is 14.2. The van der Waals surface area contributed by atoms with Crippen LogP contribution in [0.25, 0.3) is 39.3 Å². The van der Waals surface area contributed by atoms with Crippen molar-refractivity contribution in [2.45, 2.75) is 37.2 Å². The molecule has 0 aliphatic carbocycles. The zero-order chi connectivity index (χ0) is 30.8. The van der Waals surface area contributed by atoms with Gasteiger partial charge in [-0.1, -0.05) is 48.5 Å². The number of halogens is 6. The summed E-state index contributed by atoms with van der Waals surface area (Å²) in [6.45, 7) is 4.46. The first-order chi connectivity index (χ1) is 21.0. The molecule has 220 valence electrons. The molecule has 44 heavy (non-hydrogen) atoms. The van der Waals surface area contributed by atoms with E-state index in [2.05, 4.69) is 11.1 Å². The second kappa shape index (κ2) is 10.2. The van der Waals surface area contributed by atoms with Crippen LogP contribution in [0.1, 0.15) is 40.6 Å². The number of hydrogen-bond donors (Lipinski definition) is 0. The Balaban J connectivity index is 1.56. The van der Waals surface area contributed by atoms with Crippen LogP contribution in [0.5, 0.6) is 0 Å². The zero-order valence-corrected chi connectivity index (χ0v) is 23.3. The highest BCUT2D eigenvalue weighted by molar-refractivity contribution is 5.75. The zero-order valence-electron chi connectivity index (χ0n) is 23.3. The van der Waals surface area contributed by atoms with Crippen molar-refractivity contribution in [2.75, 3.05) is 0 Å². The van der Waals surface area contributed by atoms with Crippen LogP contribution in [-0.2, 0) is 18.8 Å². The molecule has 2 atom stereocenters. The van der Waals surface area contributed by atoms with Gasteiger partial charge in [0, 0.05) is 29.8 Å². The summed E-state index contributed by atoms with van der Waals surface area (Å²) in [5.74, 6) is -0.262. The van der Waals surface area contributed by atoms with Gasteiger partial charge in [0.15, 0.2) is 12.4 Å². The first-order valence-electron chi connectivity index (χ1n) is 14.2. The fraction of sp³-hybridized carbons (Fsp3) is 0.167. The van der Waals surface area contributed by atoms with Crippen molar-refractivity contribution in [3.05, 3.63) is 138 Å². The van der Waals surface area contributed by atoms with Crippen molar-refractivity contribution in [3.8, 4) is 33.6 Å². The molecule has 8 heteroatoms. The summed E-state index contributed by atoms with van der Waals surface area (Å²) >= 11 is 0. The van der Waals surface area contributed by atoms with E-state index in [1.54, 1.807) is 22.9 Å². The molecule has 0 spiro atoms. The van der Waals surface area contributed by atoms with Crippen molar-refractivity contribution in [1.82, 2.24) is 0 Å². The van der Waals surface area contributed by atoms with Gasteiger partial charge in [-0.05, 0) is 65.9 Å². The van der Waals surface area contributed by atoms with Crippen LogP contribution >= 0.6 is 0 Å². The third kappa shape index (κ3) is 4.60. The van der Waals surface area contributed by atoms with Gasteiger partial charge >= 0.3 is 12.4 Å². The van der Waals surface area contributed by atoms with E-state index in [1.165, 1.54) is 0 Å². The molecule has 2 aliphatic rings. The fourth-order valence-corrected chi connectivity index (χ4v) is 6.85. The minimum atomic E-state index is -5.04. The maximum absolute atomic E-state index is 14.8. The molecule has 0 saturated heterocycles. The van der Waals surface area contributed by atoms with Crippen LogP contribution in [0, 0.1) is 0 Å². The van der Waals surface area contributed by atoms with E-state index in [4.69, 9.17) is 0 Å². The number of aryl methyl sites for hydroxylation is 1. The SMILES string of the molecule is C=C1C2C(CCc3cc(C(F)(F)F)cc(C(F)(F)F)c3-c3cc(-c4ccccc4)cc[n+]31)c1ccccc1-c1cccc[n+]12. The lowest BCUT2D eigenvalue weighted by molar-refractivity contribution is -0.727. The lowest BCUT2D eigenvalue weighted by atomic mass is 9.78. The molecule has 4 heterocycles. The van der Waals surface area contributed by atoms with E-state index >= 15 is 0 Å². The third-order valence-electron chi connectivity index (χ3n) is 8.75. The molecule has 2 nitrogen and oxygen atoms in total. The number of pyridine rings is 2. The third-order valence-corrected chi connectivity index (χ3v) is 8.75. The van der Waals surface area contributed by atoms with Crippen LogP contribution in [0.3, 0.4) is 0 Å². The molecule has 0 N–H and O–H groups in total. The van der Waals surface area contributed by atoms with E-state index in [0.29, 0.717) is 17.7 Å². The van der Waals surface area contributed by atoms with Gasteiger partial charge in [0.05, 0.1) is 22.6 Å². The molecule has 0 saturated carbocycles. The van der Waals surface area contributed by atoms with E-state index in [1.807, 2.05) is 79.0 Å². The highest BCUT2D eigenvalue weighted by atomic mass is 19.4. The van der Waals surface area contributed by atoms with E-state index < -0.39 is 29.5 Å². The Labute approximate surface area is 250 Å². The highest BCUT2D eigenvalue weighted by Gasteiger charge is 2.48. The summed E-state index contributed by atoms with van der Waals surface area (Å²) in [5.41, 5.74) is 2.10. The Morgan fingerprint density at radius 2 is 1.41 bits per heavy atom. The maximum Gasteiger partial charge on any atom is 0.417 e. The van der Waals surface area contributed by atoms with Crippen molar-refractivity contribution in [1.29, 1.82) is 0 Å². The summed E-state index contributed by atoms with van der Waals surface area (Å²) in [7, 11) is 0. The summed E-state index contributed by atoms with van der Waals surface area (Å²) in [4.78, 5) is 0.